The van der Waals surface area contributed by atoms with Crippen LogP contribution >= 0.6 is 0 Å². The van der Waals surface area contributed by atoms with Crippen molar-refractivity contribution in [1.29, 1.82) is 0 Å². The normalized spacial score (nSPS) is 22.9. The third-order valence-electron chi connectivity index (χ3n) is 4.72. The summed E-state index contributed by atoms with van der Waals surface area (Å²) in [5.41, 5.74) is 2.98. The Morgan fingerprint density at radius 1 is 1.20 bits per heavy atom. The molecule has 3 rings (SSSR count). The van der Waals surface area contributed by atoms with Crippen LogP contribution in [-0.4, -0.2) is 18.5 Å². The summed E-state index contributed by atoms with van der Waals surface area (Å²) in [5, 5.41) is 3.22. The lowest BCUT2D eigenvalue weighted by Crippen LogP contribution is -2.30. The lowest BCUT2D eigenvalue weighted by atomic mass is 9.97. The predicted octanol–water partition coefficient (Wildman–Crippen LogP) is 3.85. The van der Waals surface area contributed by atoms with Crippen molar-refractivity contribution < 1.29 is 0 Å². The average Bonchev–Trinajstić information content (AvgIpc) is 3.16. The van der Waals surface area contributed by atoms with Gasteiger partial charge in [0.2, 0.25) is 0 Å². The smallest absolute Gasteiger partial charge is 0.0946 e. The standard InChI is InChI=1S/C18H24N2/c1-14(19-2)20-13-17(15-8-6-7-9-15)12-18(20)16-10-4-3-5-11-16/h3-5,10-12,15,18-19H,1,6-9,13H2,2H3/t18-/m0/s1. The van der Waals surface area contributed by atoms with E-state index in [-0.39, 0.29) is 0 Å². The van der Waals surface area contributed by atoms with Crippen LogP contribution in [0.3, 0.4) is 0 Å². The van der Waals surface area contributed by atoms with E-state index in [0.717, 1.165) is 18.3 Å². The third kappa shape index (κ3) is 2.47. The molecule has 20 heavy (non-hydrogen) atoms. The highest BCUT2D eigenvalue weighted by Gasteiger charge is 2.31. The first-order valence-corrected chi connectivity index (χ1v) is 7.68. The van der Waals surface area contributed by atoms with Gasteiger partial charge in [-0.25, -0.2) is 0 Å². The van der Waals surface area contributed by atoms with Gasteiger partial charge in [0.15, 0.2) is 0 Å². The molecule has 1 saturated carbocycles. The number of benzene rings is 1. The summed E-state index contributed by atoms with van der Waals surface area (Å²) < 4.78 is 0. The molecule has 0 spiro atoms. The molecule has 0 unspecified atom stereocenters. The molecule has 1 aliphatic heterocycles. The molecule has 2 aliphatic rings. The Morgan fingerprint density at radius 3 is 2.55 bits per heavy atom. The molecule has 1 N–H and O–H groups in total. The summed E-state index contributed by atoms with van der Waals surface area (Å²) in [6.45, 7) is 5.21. The van der Waals surface area contributed by atoms with Gasteiger partial charge in [0, 0.05) is 13.6 Å². The fraction of sp³-hybridized carbons (Fsp3) is 0.444. The summed E-state index contributed by atoms with van der Waals surface area (Å²) in [4.78, 5) is 2.39. The summed E-state index contributed by atoms with van der Waals surface area (Å²) >= 11 is 0. The molecule has 1 aromatic rings. The molecule has 0 bridgehead atoms. The molecule has 1 aromatic carbocycles. The zero-order chi connectivity index (χ0) is 13.9. The predicted molar refractivity (Wildman–Crippen MR) is 84.1 cm³/mol. The van der Waals surface area contributed by atoms with Crippen LogP contribution in [0.2, 0.25) is 0 Å². The molecule has 0 saturated heterocycles. The van der Waals surface area contributed by atoms with Crippen LogP contribution < -0.4 is 5.32 Å². The summed E-state index contributed by atoms with van der Waals surface area (Å²) in [5.74, 6) is 1.82. The first-order chi connectivity index (χ1) is 9.79. The fourth-order valence-corrected chi connectivity index (χ4v) is 3.54. The second-order valence-electron chi connectivity index (χ2n) is 5.90. The first-order valence-electron chi connectivity index (χ1n) is 7.68. The maximum Gasteiger partial charge on any atom is 0.0946 e. The Hall–Kier alpha value is -1.70. The van der Waals surface area contributed by atoms with Gasteiger partial charge in [-0.15, -0.1) is 0 Å². The highest BCUT2D eigenvalue weighted by molar-refractivity contribution is 5.32. The summed E-state index contributed by atoms with van der Waals surface area (Å²) in [6.07, 6.45) is 8.00. The van der Waals surface area contributed by atoms with E-state index in [1.165, 1.54) is 31.2 Å². The quantitative estimate of drug-likeness (QED) is 0.834. The van der Waals surface area contributed by atoms with Gasteiger partial charge in [-0.2, -0.15) is 0 Å². The van der Waals surface area contributed by atoms with Crippen molar-refractivity contribution >= 4 is 0 Å². The zero-order valence-electron chi connectivity index (χ0n) is 12.3. The minimum atomic E-state index is 0.340. The summed E-state index contributed by atoms with van der Waals surface area (Å²) in [7, 11) is 1.96. The largest absolute Gasteiger partial charge is 0.375 e. The SMILES string of the molecule is C=C(NC)N1CC(C2CCCC2)=C[C@H]1c1ccccc1. The van der Waals surface area contributed by atoms with Crippen LogP contribution in [0.4, 0.5) is 0 Å². The number of rotatable bonds is 4. The van der Waals surface area contributed by atoms with Gasteiger partial charge in [-0.05, 0) is 29.9 Å². The van der Waals surface area contributed by atoms with E-state index in [0.29, 0.717) is 6.04 Å². The number of hydrogen-bond donors (Lipinski definition) is 1. The molecule has 0 radical (unpaired) electrons. The molecule has 106 valence electrons. The molecule has 1 heterocycles. The molecule has 2 nitrogen and oxygen atoms in total. The molecule has 1 aliphatic carbocycles. The first kappa shape index (κ1) is 13.3. The van der Waals surface area contributed by atoms with Crippen molar-refractivity contribution in [2.24, 2.45) is 5.92 Å². The van der Waals surface area contributed by atoms with Gasteiger partial charge in [0.1, 0.15) is 0 Å². The number of nitrogens with zero attached hydrogens (tertiary/aromatic N) is 1. The topological polar surface area (TPSA) is 15.3 Å². The monoisotopic (exact) mass is 268 g/mol. The fourth-order valence-electron chi connectivity index (χ4n) is 3.54. The van der Waals surface area contributed by atoms with Crippen molar-refractivity contribution in [3.8, 4) is 0 Å². The maximum atomic E-state index is 4.17. The van der Waals surface area contributed by atoms with Crippen molar-refractivity contribution in [2.45, 2.75) is 31.7 Å². The van der Waals surface area contributed by atoms with E-state index in [1.54, 1.807) is 5.57 Å². The van der Waals surface area contributed by atoms with Crippen LogP contribution in [0.25, 0.3) is 0 Å². The molecule has 0 amide bonds. The molecule has 1 atom stereocenters. The Kier molecular flexibility index (Phi) is 3.81. The van der Waals surface area contributed by atoms with Crippen LogP contribution in [0.5, 0.6) is 0 Å². The van der Waals surface area contributed by atoms with Gasteiger partial charge in [0.05, 0.1) is 11.9 Å². The summed E-state index contributed by atoms with van der Waals surface area (Å²) in [6, 6.07) is 11.1. The van der Waals surface area contributed by atoms with E-state index in [9.17, 15) is 0 Å². The minimum absolute atomic E-state index is 0.340. The number of nitrogens with one attached hydrogen (secondary N) is 1. The molecular formula is C18H24N2. The third-order valence-corrected chi connectivity index (χ3v) is 4.72. The van der Waals surface area contributed by atoms with E-state index in [2.05, 4.69) is 53.2 Å². The van der Waals surface area contributed by atoms with Gasteiger partial charge >= 0.3 is 0 Å². The van der Waals surface area contributed by atoms with Gasteiger partial charge in [0.25, 0.3) is 0 Å². The van der Waals surface area contributed by atoms with Crippen LogP contribution in [0.1, 0.15) is 37.3 Å². The van der Waals surface area contributed by atoms with Crippen molar-refractivity contribution in [3.05, 3.63) is 59.9 Å². The molecule has 1 fully saturated rings. The van der Waals surface area contributed by atoms with Gasteiger partial charge < -0.3 is 10.2 Å². The Labute approximate surface area is 122 Å². The van der Waals surface area contributed by atoms with E-state index in [4.69, 9.17) is 0 Å². The zero-order valence-corrected chi connectivity index (χ0v) is 12.3. The molecule has 2 heteroatoms. The Morgan fingerprint density at radius 2 is 1.90 bits per heavy atom. The van der Waals surface area contributed by atoms with Crippen LogP contribution in [0, 0.1) is 5.92 Å². The van der Waals surface area contributed by atoms with Crippen molar-refractivity contribution in [3.63, 3.8) is 0 Å². The Balaban J connectivity index is 1.87. The van der Waals surface area contributed by atoms with Crippen LogP contribution in [0.15, 0.2) is 54.4 Å². The lowest BCUT2D eigenvalue weighted by Gasteiger charge is -2.29. The molecular weight excluding hydrogens is 244 g/mol. The highest BCUT2D eigenvalue weighted by atomic mass is 15.3. The maximum absolute atomic E-state index is 4.17. The van der Waals surface area contributed by atoms with E-state index >= 15 is 0 Å². The molecule has 0 aromatic heterocycles. The van der Waals surface area contributed by atoms with Crippen molar-refractivity contribution in [2.75, 3.05) is 13.6 Å². The highest BCUT2D eigenvalue weighted by Crippen LogP contribution is 2.40. The second kappa shape index (κ2) is 5.74. The van der Waals surface area contributed by atoms with Gasteiger partial charge in [-0.3, -0.25) is 0 Å². The minimum Gasteiger partial charge on any atom is -0.375 e. The lowest BCUT2D eigenvalue weighted by molar-refractivity contribution is 0.323. The van der Waals surface area contributed by atoms with Gasteiger partial charge in [-0.1, -0.05) is 55.8 Å². The average molecular weight is 268 g/mol. The van der Waals surface area contributed by atoms with Crippen molar-refractivity contribution in [1.82, 2.24) is 10.2 Å². The van der Waals surface area contributed by atoms with Crippen LogP contribution in [-0.2, 0) is 0 Å². The Bertz CT molecular complexity index is 497. The number of hydrogen-bond acceptors (Lipinski definition) is 2. The van der Waals surface area contributed by atoms with E-state index < -0.39 is 0 Å². The van der Waals surface area contributed by atoms with E-state index in [1.807, 2.05) is 7.05 Å². The second-order valence-corrected chi connectivity index (χ2v) is 5.90.